The smallest absolute Gasteiger partial charge is 0.123 e. The predicted molar refractivity (Wildman–Crippen MR) is 89.0 cm³/mol. The summed E-state index contributed by atoms with van der Waals surface area (Å²) in [6.07, 6.45) is 0.659. The molecule has 1 atom stereocenters. The third kappa shape index (κ3) is 3.42. The highest BCUT2D eigenvalue weighted by Crippen LogP contribution is 2.31. The molecule has 2 aromatic rings. The van der Waals surface area contributed by atoms with Gasteiger partial charge in [0.1, 0.15) is 5.75 Å². The average Bonchev–Trinajstić information content (AvgIpc) is 2.74. The monoisotopic (exact) mass is 371 g/mol. The van der Waals surface area contributed by atoms with Gasteiger partial charge >= 0.3 is 0 Å². The van der Waals surface area contributed by atoms with Crippen LogP contribution < -0.4 is 10.5 Å². The highest BCUT2D eigenvalue weighted by atomic mass is 79.9. The minimum absolute atomic E-state index is 0.212. The van der Waals surface area contributed by atoms with Crippen LogP contribution >= 0.6 is 27.5 Å². The van der Waals surface area contributed by atoms with Crippen LogP contribution in [0.1, 0.15) is 29.9 Å². The Hall–Kier alpha value is -1.04. The number of nitrogens with zero attached hydrogens (tertiary/aromatic N) is 2. The maximum absolute atomic E-state index is 6.37. The summed E-state index contributed by atoms with van der Waals surface area (Å²) in [6.45, 7) is 4.85. The van der Waals surface area contributed by atoms with Gasteiger partial charge in [-0.25, -0.2) is 0 Å². The number of rotatable bonds is 5. The Morgan fingerprint density at radius 1 is 1.48 bits per heavy atom. The van der Waals surface area contributed by atoms with E-state index in [0.29, 0.717) is 11.4 Å². The Morgan fingerprint density at radius 2 is 2.19 bits per heavy atom. The van der Waals surface area contributed by atoms with Crippen molar-refractivity contribution in [3.05, 3.63) is 44.6 Å². The zero-order valence-electron chi connectivity index (χ0n) is 12.4. The Kier molecular flexibility index (Phi) is 5.30. The highest BCUT2D eigenvalue weighted by molar-refractivity contribution is 9.10. The summed E-state index contributed by atoms with van der Waals surface area (Å²) in [5.74, 6) is 0.752. The molecular formula is C15H19BrClN3O. The van der Waals surface area contributed by atoms with E-state index in [1.165, 1.54) is 0 Å². The van der Waals surface area contributed by atoms with Crippen molar-refractivity contribution in [3.8, 4) is 5.75 Å². The fourth-order valence-electron chi connectivity index (χ4n) is 2.38. The van der Waals surface area contributed by atoms with Gasteiger partial charge in [0.2, 0.25) is 0 Å². The Morgan fingerprint density at radius 3 is 2.81 bits per heavy atom. The molecule has 114 valence electrons. The molecule has 6 heteroatoms. The molecule has 0 bridgehead atoms. The fraction of sp³-hybridized carbons (Fsp3) is 0.400. The number of nitrogens with two attached hydrogens (primary N) is 1. The molecule has 0 radical (unpaired) electrons. The van der Waals surface area contributed by atoms with Gasteiger partial charge in [0.15, 0.2) is 0 Å². The number of hydrogen-bond donors (Lipinski definition) is 1. The zero-order chi connectivity index (χ0) is 15.6. The van der Waals surface area contributed by atoms with Crippen LogP contribution in [0.2, 0.25) is 5.02 Å². The van der Waals surface area contributed by atoms with Gasteiger partial charge in [-0.3, -0.25) is 4.68 Å². The van der Waals surface area contributed by atoms with E-state index >= 15 is 0 Å². The second kappa shape index (κ2) is 6.81. The zero-order valence-corrected chi connectivity index (χ0v) is 14.7. The molecule has 4 nitrogen and oxygen atoms in total. The predicted octanol–water partition coefficient (Wildman–Crippen LogP) is 3.88. The van der Waals surface area contributed by atoms with Crippen molar-refractivity contribution >= 4 is 27.5 Å². The third-order valence-corrected chi connectivity index (χ3v) is 4.72. The first kappa shape index (κ1) is 16.3. The van der Waals surface area contributed by atoms with Crippen molar-refractivity contribution < 1.29 is 4.74 Å². The molecule has 0 saturated carbocycles. The van der Waals surface area contributed by atoms with Crippen molar-refractivity contribution in [1.29, 1.82) is 0 Å². The molecule has 2 N–H and O–H groups in total. The summed E-state index contributed by atoms with van der Waals surface area (Å²) < 4.78 is 8.36. The number of halogens is 2. The number of benzene rings is 1. The lowest BCUT2D eigenvalue weighted by atomic mass is 10.0. The second-order valence-electron chi connectivity index (χ2n) is 4.86. The SMILES string of the molecule is CCn1nc(C)c(Br)c1CC(N)c1cc(Cl)ccc1OC. The number of methoxy groups -OCH3 is 1. The average molecular weight is 373 g/mol. The standard InChI is InChI=1S/C15H19BrClN3O/c1-4-20-13(15(16)9(2)19-20)8-12(18)11-7-10(17)5-6-14(11)21-3/h5-7,12H,4,8,18H2,1-3H3. The largest absolute Gasteiger partial charge is 0.496 e. The van der Waals surface area contributed by atoms with Crippen molar-refractivity contribution in [2.45, 2.75) is 32.9 Å². The van der Waals surface area contributed by atoms with Crippen LogP contribution in [0.3, 0.4) is 0 Å². The van der Waals surface area contributed by atoms with Gasteiger partial charge in [0.05, 0.1) is 23.0 Å². The third-order valence-electron chi connectivity index (χ3n) is 3.46. The molecule has 1 aromatic heterocycles. The van der Waals surface area contributed by atoms with Gasteiger partial charge in [-0.2, -0.15) is 5.10 Å². The summed E-state index contributed by atoms with van der Waals surface area (Å²) >= 11 is 9.67. The van der Waals surface area contributed by atoms with Crippen molar-refractivity contribution in [2.75, 3.05) is 7.11 Å². The fourth-order valence-corrected chi connectivity index (χ4v) is 3.00. The van der Waals surface area contributed by atoms with Crippen LogP contribution in [0.4, 0.5) is 0 Å². The van der Waals surface area contributed by atoms with Gasteiger partial charge < -0.3 is 10.5 Å². The molecule has 0 aliphatic carbocycles. The normalized spacial score (nSPS) is 12.5. The lowest BCUT2D eigenvalue weighted by molar-refractivity contribution is 0.405. The van der Waals surface area contributed by atoms with Crippen molar-refractivity contribution in [2.24, 2.45) is 5.73 Å². The van der Waals surface area contributed by atoms with E-state index in [4.69, 9.17) is 22.1 Å². The first-order valence-electron chi connectivity index (χ1n) is 6.78. The van der Waals surface area contributed by atoms with E-state index in [0.717, 1.165) is 33.7 Å². The first-order chi connectivity index (χ1) is 9.97. The van der Waals surface area contributed by atoms with Crippen LogP contribution in [0.5, 0.6) is 5.75 Å². The van der Waals surface area contributed by atoms with E-state index in [1.807, 2.05) is 23.7 Å². The van der Waals surface area contributed by atoms with Crippen molar-refractivity contribution in [3.63, 3.8) is 0 Å². The maximum Gasteiger partial charge on any atom is 0.123 e. The quantitative estimate of drug-likeness (QED) is 0.866. The van der Waals surface area contributed by atoms with Gasteiger partial charge in [0.25, 0.3) is 0 Å². The minimum Gasteiger partial charge on any atom is -0.496 e. The number of hydrogen-bond acceptors (Lipinski definition) is 3. The minimum atomic E-state index is -0.212. The van der Waals surface area contributed by atoms with Crippen molar-refractivity contribution in [1.82, 2.24) is 9.78 Å². The molecule has 1 heterocycles. The van der Waals surface area contributed by atoms with Crippen LogP contribution in [-0.4, -0.2) is 16.9 Å². The lowest BCUT2D eigenvalue weighted by Crippen LogP contribution is -2.17. The highest BCUT2D eigenvalue weighted by Gasteiger charge is 2.19. The summed E-state index contributed by atoms with van der Waals surface area (Å²) in [7, 11) is 1.63. The molecule has 0 aliphatic rings. The van der Waals surface area contributed by atoms with E-state index in [9.17, 15) is 0 Å². The molecule has 1 aromatic carbocycles. The summed E-state index contributed by atoms with van der Waals surface area (Å²) in [5, 5.41) is 5.15. The number of aryl methyl sites for hydroxylation is 2. The van der Waals surface area contributed by atoms with E-state index in [2.05, 4.69) is 28.0 Å². The molecule has 21 heavy (non-hydrogen) atoms. The van der Waals surface area contributed by atoms with Gasteiger partial charge in [-0.05, 0) is 48.0 Å². The lowest BCUT2D eigenvalue weighted by Gasteiger charge is -2.17. The van der Waals surface area contributed by atoms with Crippen LogP contribution in [0.25, 0.3) is 0 Å². The van der Waals surface area contributed by atoms with E-state index in [-0.39, 0.29) is 6.04 Å². The van der Waals surface area contributed by atoms with Gasteiger partial charge in [0, 0.05) is 29.6 Å². The molecule has 0 amide bonds. The summed E-state index contributed by atoms with van der Waals surface area (Å²) in [4.78, 5) is 0. The summed E-state index contributed by atoms with van der Waals surface area (Å²) in [5.41, 5.74) is 9.33. The molecule has 0 fully saturated rings. The topological polar surface area (TPSA) is 53.1 Å². The maximum atomic E-state index is 6.37. The van der Waals surface area contributed by atoms with Crippen LogP contribution in [0.15, 0.2) is 22.7 Å². The van der Waals surface area contributed by atoms with E-state index in [1.54, 1.807) is 13.2 Å². The molecule has 0 spiro atoms. The van der Waals surface area contributed by atoms with Gasteiger partial charge in [-0.15, -0.1) is 0 Å². The number of aromatic nitrogens is 2. The first-order valence-corrected chi connectivity index (χ1v) is 7.95. The van der Waals surface area contributed by atoms with Crippen LogP contribution in [0, 0.1) is 6.92 Å². The molecule has 1 unspecified atom stereocenters. The molecular weight excluding hydrogens is 354 g/mol. The molecule has 0 aliphatic heterocycles. The van der Waals surface area contributed by atoms with E-state index < -0.39 is 0 Å². The summed E-state index contributed by atoms with van der Waals surface area (Å²) in [6, 6.07) is 5.29. The van der Waals surface area contributed by atoms with Crippen LogP contribution in [-0.2, 0) is 13.0 Å². The molecule has 0 saturated heterocycles. The Labute approximate surface area is 138 Å². The second-order valence-corrected chi connectivity index (χ2v) is 6.09. The molecule has 2 rings (SSSR count). The Bertz CT molecular complexity index is 642. The Balaban J connectivity index is 2.34. The number of ether oxygens (including phenoxy) is 1. The van der Waals surface area contributed by atoms with Gasteiger partial charge in [-0.1, -0.05) is 11.6 Å².